The minimum atomic E-state index is -0.0763. The van der Waals surface area contributed by atoms with Crippen LogP contribution in [0, 0.1) is 4.77 Å². The largest absolute Gasteiger partial charge is 0.349 e. The van der Waals surface area contributed by atoms with Crippen LogP contribution in [-0.4, -0.2) is 30.1 Å². The van der Waals surface area contributed by atoms with Gasteiger partial charge in [0, 0.05) is 19.2 Å². The summed E-state index contributed by atoms with van der Waals surface area (Å²) in [6, 6.07) is 13.0. The summed E-state index contributed by atoms with van der Waals surface area (Å²) < 4.78 is 3.87. The molecular weight excluding hydrogens is 400 g/mol. The summed E-state index contributed by atoms with van der Waals surface area (Å²) in [5.74, 6) is 0.673. The van der Waals surface area contributed by atoms with Crippen LogP contribution in [0.3, 0.4) is 0 Å². The van der Waals surface area contributed by atoms with Gasteiger partial charge in [-0.3, -0.25) is 18.6 Å². The summed E-state index contributed by atoms with van der Waals surface area (Å²) in [4.78, 5) is 27.8. The van der Waals surface area contributed by atoms with E-state index >= 15 is 0 Å². The van der Waals surface area contributed by atoms with Crippen LogP contribution in [0.1, 0.15) is 31.5 Å². The topological polar surface area (TPSA) is 97.1 Å². The lowest BCUT2D eigenvalue weighted by Gasteiger charge is -2.08. The molecule has 0 saturated heterocycles. The lowest BCUT2D eigenvalue weighted by Crippen LogP contribution is -2.24. The Kier molecular flexibility index (Phi) is 5.99. The molecule has 1 amide bonds. The smallest absolute Gasteiger partial charge is 0.262 e. The molecule has 3 heterocycles. The summed E-state index contributed by atoms with van der Waals surface area (Å²) in [5, 5.41) is 11.7. The first-order valence-corrected chi connectivity index (χ1v) is 10.3. The number of rotatable bonds is 8. The number of aromatic nitrogens is 5. The molecule has 0 aliphatic rings. The maximum atomic E-state index is 12.6. The zero-order chi connectivity index (χ0) is 20.9. The summed E-state index contributed by atoms with van der Waals surface area (Å²) in [6.07, 6.45) is 4.64. The molecule has 0 bridgehead atoms. The van der Waals surface area contributed by atoms with Crippen molar-refractivity contribution in [1.82, 2.24) is 29.5 Å². The second-order valence-corrected chi connectivity index (χ2v) is 7.45. The minimum absolute atomic E-state index is 0.0251. The highest BCUT2D eigenvalue weighted by molar-refractivity contribution is 7.71. The first-order valence-electron chi connectivity index (χ1n) is 9.91. The second-order valence-electron chi connectivity index (χ2n) is 7.06. The third-order valence-corrected chi connectivity index (χ3v) is 5.33. The predicted octanol–water partition coefficient (Wildman–Crippen LogP) is 2.98. The van der Waals surface area contributed by atoms with Gasteiger partial charge in [0.2, 0.25) is 5.91 Å². The molecule has 0 fully saturated rings. The molecule has 3 aromatic heterocycles. The molecule has 0 unspecified atom stereocenters. The molecule has 4 aromatic rings. The monoisotopic (exact) mass is 422 g/mol. The standard InChI is InChI=1S/C21H22N6O2S/c28-19(22-14-18-25-24-17-10-5-7-12-26(17)18)11-2-1-6-13-27-20(29)15-8-3-4-9-16(15)23-21(27)30/h3-5,7-10,12H,1-2,6,11,13-14H2,(H,22,28)(H,23,30). The number of aromatic amines is 1. The van der Waals surface area contributed by atoms with E-state index in [0.717, 1.165) is 30.4 Å². The van der Waals surface area contributed by atoms with Gasteiger partial charge < -0.3 is 10.3 Å². The first-order chi connectivity index (χ1) is 14.6. The number of H-pyrrole nitrogens is 1. The van der Waals surface area contributed by atoms with Crippen molar-refractivity contribution in [3.63, 3.8) is 0 Å². The number of para-hydroxylation sites is 1. The van der Waals surface area contributed by atoms with Crippen molar-refractivity contribution in [1.29, 1.82) is 0 Å². The van der Waals surface area contributed by atoms with Crippen molar-refractivity contribution >= 4 is 34.7 Å². The van der Waals surface area contributed by atoms with Gasteiger partial charge >= 0.3 is 0 Å². The number of amides is 1. The molecular formula is C21H22N6O2S. The number of pyridine rings is 1. The molecule has 0 atom stereocenters. The van der Waals surface area contributed by atoms with Crippen LogP contribution in [0.25, 0.3) is 16.6 Å². The van der Waals surface area contributed by atoms with Crippen molar-refractivity contribution < 1.29 is 4.79 Å². The molecule has 30 heavy (non-hydrogen) atoms. The Morgan fingerprint density at radius 2 is 1.90 bits per heavy atom. The third-order valence-electron chi connectivity index (χ3n) is 5.00. The Morgan fingerprint density at radius 3 is 2.80 bits per heavy atom. The summed E-state index contributed by atoms with van der Waals surface area (Å²) in [5.41, 5.74) is 1.43. The van der Waals surface area contributed by atoms with E-state index in [0.29, 0.717) is 35.5 Å². The molecule has 1 aromatic carbocycles. The van der Waals surface area contributed by atoms with Gasteiger partial charge in [-0.1, -0.05) is 24.6 Å². The Bertz CT molecular complexity index is 1310. The lowest BCUT2D eigenvalue weighted by atomic mass is 10.2. The van der Waals surface area contributed by atoms with E-state index < -0.39 is 0 Å². The highest BCUT2D eigenvalue weighted by Gasteiger charge is 2.08. The number of nitrogens with zero attached hydrogens (tertiary/aromatic N) is 4. The first kappa shape index (κ1) is 20.0. The van der Waals surface area contributed by atoms with E-state index in [2.05, 4.69) is 20.5 Å². The van der Waals surface area contributed by atoms with Crippen molar-refractivity contribution in [2.45, 2.75) is 38.8 Å². The Hall–Kier alpha value is -3.33. The quantitative estimate of drug-likeness (QED) is 0.336. The van der Waals surface area contributed by atoms with Gasteiger partial charge in [-0.05, 0) is 49.3 Å². The molecule has 9 heteroatoms. The molecule has 0 saturated carbocycles. The predicted molar refractivity (Wildman–Crippen MR) is 117 cm³/mol. The maximum Gasteiger partial charge on any atom is 0.262 e. The molecule has 0 radical (unpaired) electrons. The van der Waals surface area contributed by atoms with Gasteiger partial charge in [0.1, 0.15) is 0 Å². The summed E-state index contributed by atoms with van der Waals surface area (Å²) >= 11 is 5.32. The lowest BCUT2D eigenvalue weighted by molar-refractivity contribution is -0.121. The molecule has 8 nitrogen and oxygen atoms in total. The van der Waals surface area contributed by atoms with Crippen molar-refractivity contribution in [2.24, 2.45) is 0 Å². The van der Waals surface area contributed by atoms with E-state index in [1.807, 2.05) is 47.0 Å². The number of hydrogen-bond donors (Lipinski definition) is 2. The zero-order valence-electron chi connectivity index (χ0n) is 16.4. The molecule has 4 rings (SSSR count). The van der Waals surface area contributed by atoms with Gasteiger partial charge in [-0.25, -0.2) is 0 Å². The fourth-order valence-corrected chi connectivity index (χ4v) is 3.70. The van der Waals surface area contributed by atoms with Crippen LogP contribution in [0.2, 0.25) is 0 Å². The van der Waals surface area contributed by atoms with Crippen LogP contribution in [-0.2, 0) is 17.9 Å². The number of carbonyl (C=O) groups excluding carboxylic acids is 1. The van der Waals surface area contributed by atoms with Gasteiger partial charge in [-0.15, -0.1) is 10.2 Å². The molecule has 2 N–H and O–H groups in total. The van der Waals surface area contributed by atoms with Gasteiger partial charge in [0.25, 0.3) is 5.56 Å². The Morgan fingerprint density at radius 1 is 1.07 bits per heavy atom. The number of hydrogen-bond acceptors (Lipinski definition) is 5. The Labute approximate surface area is 177 Å². The maximum absolute atomic E-state index is 12.6. The number of unbranched alkanes of at least 4 members (excludes halogenated alkanes) is 2. The highest BCUT2D eigenvalue weighted by Crippen LogP contribution is 2.08. The third kappa shape index (κ3) is 4.30. The molecule has 0 spiro atoms. The van der Waals surface area contributed by atoms with Crippen LogP contribution < -0.4 is 10.9 Å². The van der Waals surface area contributed by atoms with Crippen molar-refractivity contribution in [3.8, 4) is 0 Å². The highest BCUT2D eigenvalue weighted by atomic mass is 32.1. The number of fused-ring (bicyclic) bond motifs is 2. The second kappa shape index (κ2) is 9.00. The van der Waals surface area contributed by atoms with Gasteiger partial charge in [-0.2, -0.15) is 0 Å². The van der Waals surface area contributed by atoms with Crippen LogP contribution in [0.4, 0.5) is 0 Å². The fourth-order valence-electron chi connectivity index (χ4n) is 3.41. The average Bonchev–Trinajstić information content (AvgIpc) is 3.17. The number of nitrogens with one attached hydrogen (secondary N) is 2. The van der Waals surface area contributed by atoms with Crippen LogP contribution in [0.5, 0.6) is 0 Å². The molecule has 154 valence electrons. The van der Waals surface area contributed by atoms with Gasteiger partial charge in [0.05, 0.1) is 17.4 Å². The Balaban J connectivity index is 1.24. The van der Waals surface area contributed by atoms with Gasteiger partial charge in [0.15, 0.2) is 16.2 Å². The van der Waals surface area contributed by atoms with Crippen LogP contribution in [0.15, 0.2) is 53.5 Å². The van der Waals surface area contributed by atoms with E-state index in [1.54, 1.807) is 10.6 Å². The van der Waals surface area contributed by atoms with E-state index in [4.69, 9.17) is 12.2 Å². The van der Waals surface area contributed by atoms with Crippen molar-refractivity contribution in [2.75, 3.05) is 0 Å². The van der Waals surface area contributed by atoms with E-state index in [-0.39, 0.29) is 11.5 Å². The summed E-state index contributed by atoms with van der Waals surface area (Å²) in [6.45, 7) is 0.873. The van der Waals surface area contributed by atoms with E-state index in [9.17, 15) is 9.59 Å². The average molecular weight is 423 g/mol. The number of benzene rings is 1. The number of carbonyl (C=O) groups is 1. The van der Waals surface area contributed by atoms with E-state index in [1.165, 1.54) is 0 Å². The molecule has 0 aliphatic carbocycles. The zero-order valence-corrected chi connectivity index (χ0v) is 17.2. The normalized spacial score (nSPS) is 11.2. The minimum Gasteiger partial charge on any atom is -0.349 e. The van der Waals surface area contributed by atoms with Crippen molar-refractivity contribution in [3.05, 3.63) is 69.6 Å². The summed E-state index contributed by atoms with van der Waals surface area (Å²) in [7, 11) is 0. The fraction of sp³-hybridized carbons (Fsp3) is 0.286. The molecule has 0 aliphatic heterocycles. The van der Waals surface area contributed by atoms with Crippen LogP contribution >= 0.6 is 12.2 Å². The SMILES string of the molecule is O=C(CCCCCn1c(=S)[nH]c2ccccc2c1=O)NCc1nnc2ccccn12.